The van der Waals surface area contributed by atoms with Gasteiger partial charge >= 0.3 is 6.16 Å². The molecule has 4 rings (SSSR count). The second kappa shape index (κ2) is 10.4. The summed E-state index contributed by atoms with van der Waals surface area (Å²) < 4.78 is 15.2. The lowest BCUT2D eigenvalue weighted by molar-refractivity contribution is 0.120. The number of benzene rings is 2. The molecule has 2 heterocycles. The van der Waals surface area contributed by atoms with Gasteiger partial charge in [0.1, 0.15) is 0 Å². The second-order valence-electron chi connectivity index (χ2n) is 8.07. The first kappa shape index (κ1) is 22.0. The lowest BCUT2D eigenvalue weighted by atomic mass is 9.92. The predicted molar refractivity (Wildman–Crippen MR) is 126 cm³/mol. The van der Waals surface area contributed by atoms with Crippen molar-refractivity contribution >= 4 is 22.6 Å². The summed E-state index contributed by atoms with van der Waals surface area (Å²) in [7, 11) is 2.84. The Kier molecular flexibility index (Phi) is 7.12. The molecule has 6 heteroatoms. The zero-order chi connectivity index (χ0) is 22.3. The summed E-state index contributed by atoms with van der Waals surface area (Å²) in [6.45, 7) is 0.938. The van der Waals surface area contributed by atoms with Gasteiger partial charge in [0.25, 0.3) is 0 Å². The van der Waals surface area contributed by atoms with Gasteiger partial charge in [-0.15, -0.1) is 0 Å². The maximum atomic E-state index is 11.5. The van der Waals surface area contributed by atoms with Crippen LogP contribution in [0.5, 0.6) is 11.5 Å². The summed E-state index contributed by atoms with van der Waals surface area (Å²) in [4.78, 5) is 14.8. The van der Waals surface area contributed by atoms with Crippen LogP contribution < -0.4 is 14.8 Å². The van der Waals surface area contributed by atoms with E-state index in [9.17, 15) is 4.79 Å². The van der Waals surface area contributed by atoms with Crippen LogP contribution in [0.4, 0.5) is 4.79 Å². The first-order valence-electron chi connectivity index (χ1n) is 11.1. The highest BCUT2D eigenvalue weighted by molar-refractivity contribution is 5.87. The van der Waals surface area contributed by atoms with Crippen molar-refractivity contribution in [1.29, 1.82) is 0 Å². The Bertz CT molecular complexity index is 1090. The van der Waals surface area contributed by atoms with E-state index < -0.39 is 6.16 Å². The Morgan fingerprint density at radius 1 is 1.09 bits per heavy atom. The van der Waals surface area contributed by atoms with E-state index in [2.05, 4.69) is 51.4 Å². The van der Waals surface area contributed by atoms with Crippen LogP contribution in [-0.2, 0) is 11.2 Å². The van der Waals surface area contributed by atoms with Gasteiger partial charge < -0.3 is 24.5 Å². The topological polar surface area (TPSA) is 72.6 Å². The quantitative estimate of drug-likeness (QED) is 0.279. The molecule has 32 heavy (non-hydrogen) atoms. The monoisotopic (exact) mass is 434 g/mol. The van der Waals surface area contributed by atoms with Gasteiger partial charge in [-0.1, -0.05) is 42.8 Å². The molecular formula is C26H30N2O4. The van der Waals surface area contributed by atoms with E-state index in [0.29, 0.717) is 17.5 Å². The molecule has 0 amide bonds. The van der Waals surface area contributed by atoms with Crippen LogP contribution in [0.25, 0.3) is 16.5 Å². The van der Waals surface area contributed by atoms with Crippen LogP contribution in [-0.4, -0.2) is 37.9 Å². The van der Waals surface area contributed by atoms with Crippen molar-refractivity contribution in [2.45, 2.75) is 38.1 Å². The molecule has 1 aliphatic heterocycles. The van der Waals surface area contributed by atoms with Crippen molar-refractivity contribution < 1.29 is 19.0 Å². The van der Waals surface area contributed by atoms with Crippen LogP contribution in [0, 0.1) is 0 Å². The third-order valence-corrected chi connectivity index (χ3v) is 6.03. The summed E-state index contributed by atoms with van der Waals surface area (Å²) >= 11 is 0. The molecule has 1 aromatic heterocycles. The molecule has 0 bridgehead atoms. The van der Waals surface area contributed by atoms with Gasteiger partial charge in [0.2, 0.25) is 0 Å². The fraction of sp³-hybridized carbons (Fsp3) is 0.346. The van der Waals surface area contributed by atoms with E-state index in [1.54, 1.807) is 13.2 Å². The van der Waals surface area contributed by atoms with Gasteiger partial charge in [-0.05, 0) is 48.4 Å². The molecule has 168 valence electrons. The second-order valence-corrected chi connectivity index (χ2v) is 8.07. The van der Waals surface area contributed by atoms with Crippen LogP contribution in [0.3, 0.4) is 0 Å². The number of carbonyl (C=O) groups is 1. The summed E-state index contributed by atoms with van der Waals surface area (Å²) in [5, 5.41) is 4.72. The molecule has 3 aromatic rings. The molecular weight excluding hydrogens is 404 g/mol. The fourth-order valence-electron chi connectivity index (χ4n) is 4.33. The Balaban J connectivity index is 1.33. The molecule has 0 spiro atoms. The Morgan fingerprint density at radius 2 is 1.94 bits per heavy atom. The molecule has 0 aliphatic carbocycles. The van der Waals surface area contributed by atoms with E-state index >= 15 is 0 Å². The van der Waals surface area contributed by atoms with Crippen molar-refractivity contribution in [3.8, 4) is 11.5 Å². The fourth-order valence-corrected chi connectivity index (χ4v) is 4.33. The van der Waals surface area contributed by atoms with Crippen molar-refractivity contribution in [2.24, 2.45) is 0 Å². The Hall–Kier alpha value is -3.25. The number of carbonyl (C=O) groups excluding carboxylic acids is 1. The molecule has 6 nitrogen and oxygen atoms in total. The van der Waals surface area contributed by atoms with Gasteiger partial charge in [0.05, 0.1) is 14.2 Å². The van der Waals surface area contributed by atoms with Gasteiger partial charge in [-0.2, -0.15) is 0 Å². The lowest BCUT2D eigenvalue weighted by Gasteiger charge is -2.24. The van der Waals surface area contributed by atoms with E-state index in [0.717, 1.165) is 49.6 Å². The lowest BCUT2D eigenvalue weighted by Crippen LogP contribution is -2.32. The largest absolute Gasteiger partial charge is 0.513 e. The SMILES string of the molecule is COC(=O)Oc1cc2[nH]cc(CCCCC3CC(c4ccccc4)=CCN3)c2cc1OC. The van der Waals surface area contributed by atoms with Crippen molar-refractivity contribution in [3.05, 3.63) is 65.9 Å². The minimum Gasteiger partial charge on any atom is -0.493 e. The molecule has 0 saturated carbocycles. The van der Waals surface area contributed by atoms with Gasteiger partial charge in [0.15, 0.2) is 11.5 Å². The highest BCUT2D eigenvalue weighted by atomic mass is 16.7. The number of methoxy groups -OCH3 is 2. The number of rotatable bonds is 8. The van der Waals surface area contributed by atoms with E-state index in [1.165, 1.54) is 23.8 Å². The van der Waals surface area contributed by atoms with Crippen molar-refractivity contribution in [2.75, 3.05) is 20.8 Å². The number of nitrogens with one attached hydrogen (secondary N) is 2. The summed E-state index contributed by atoms with van der Waals surface area (Å²) in [5.41, 5.74) is 4.93. The predicted octanol–water partition coefficient (Wildman–Crippen LogP) is 5.48. The molecule has 2 N–H and O–H groups in total. The average molecular weight is 435 g/mol. The number of aromatic amines is 1. The van der Waals surface area contributed by atoms with Crippen molar-refractivity contribution in [3.63, 3.8) is 0 Å². The van der Waals surface area contributed by atoms with Gasteiger partial charge in [0, 0.05) is 35.8 Å². The van der Waals surface area contributed by atoms with E-state index in [-0.39, 0.29) is 0 Å². The Labute approximate surface area is 188 Å². The number of fused-ring (bicyclic) bond motifs is 1. The highest BCUT2D eigenvalue weighted by Crippen LogP contribution is 2.34. The number of hydrogen-bond acceptors (Lipinski definition) is 5. The number of H-pyrrole nitrogens is 1. The van der Waals surface area contributed by atoms with E-state index in [4.69, 9.17) is 9.47 Å². The molecule has 2 aromatic carbocycles. The zero-order valence-corrected chi connectivity index (χ0v) is 18.6. The van der Waals surface area contributed by atoms with Crippen LogP contribution in [0.2, 0.25) is 0 Å². The number of hydrogen-bond donors (Lipinski definition) is 2. The van der Waals surface area contributed by atoms with E-state index in [1.807, 2.05) is 12.3 Å². The van der Waals surface area contributed by atoms with Crippen LogP contribution in [0.1, 0.15) is 36.8 Å². The summed E-state index contributed by atoms with van der Waals surface area (Å²) in [5.74, 6) is 0.848. The highest BCUT2D eigenvalue weighted by Gasteiger charge is 2.17. The zero-order valence-electron chi connectivity index (χ0n) is 18.6. The smallest absolute Gasteiger partial charge is 0.493 e. The standard InChI is InChI=1S/C26H30N2O4/c1-30-24-15-22-20(17-28-23(22)16-25(24)32-26(29)31-2)10-6-7-11-21-14-19(12-13-27-21)18-8-4-3-5-9-18/h3-5,8-9,12,15-17,21,27-28H,6-7,10-11,13-14H2,1-2H3. The minimum absolute atomic E-state index is 0.339. The Morgan fingerprint density at radius 3 is 2.72 bits per heavy atom. The minimum atomic E-state index is -0.768. The van der Waals surface area contributed by atoms with Gasteiger partial charge in [-0.3, -0.25) is 0 Å². The molecule has 0 fully saturated rings. The summed E-state index contributed by atoms with van der Waals surface area (Å²) in [6.07, 6.45) is 9.06. The van der Waals surface area contributed by atoms with Crippen molar-refractivity contribution in [1.82, 2.24) is 10.3 Å². The number of unbranched alkanes of at least 4 members (excludes halogenated alkanes) is 1. The first-order valence-corrected chi connectivity index (χ1v) is 11.1. The normalized spacial score (nSPS) is 15.9. The third-order valence-electron chi connectivity index (χ3n) is 6.03. The number of aryl methyl sites for hydroxylation is 1. The number of ether oxygens (including phenoxy) is 3. The number of aromatic nitrogens is 1. The van der Waals surface area contributed by atoms with Gasteiger partial charge in [-0.25, -0.2) is 4.79 Å². The molecule has 1 atom stereocenters. The third kappa shape index (κ3) is 5.14. The molecule has 0 saturated heterocycles. The average Bonchev–Trinajstić information content (AvgIpc) is 3.23. The first-order chi connectivity index (χ1) is 15.7. The van der Waals surface area contributed by atoms with Crippen LogP contribution >= 0.6 is 0 Å². The maximum absolute atomic E-state index is 11.5. The molecule has 1 unspecified atom stereocenters. The molecule has 0 radical (unpaired) electrons. The van der Waals surface area contributed by atoms with Crippen LogP contribution in [0.15, 0.2) is 54.7 Å². The maximum Gasteiger partial charge on any atom is 0.513 e. The summed E-state index contributed by atoms with van der Waals surface area (Å²) in [6, 6.07) is 14.9. The molecule has 1 aliphatic rings.